The number of phenolic OH excluding ortho intramolecular Hbond substituents is 1. The number of aliphatic hydroxyl groups is 1. The molecular formula is C35H36F3N5O3. The molecule has 8 rings (SSSR count). The number of fused-ring (bicyclic) bond motifs is 3. The van der Waals surface area contributed by atoms with Crippen LogP contribution in [0.2, 0.25) is 0 Å². The molecule has 240 valence electrons. The van der Waals surface area contributed by atoms with Crippen LogP contribution in [0.1, 0.15) is 50.5 Å². The summed E-state index contributed by atoms with van der Waals surface area (Å²) in [5, 5.41) is 21.3. The van der Waals surface area contributed by atoms with Crippen LogP contribution in [-0.4, -0.2) is 81.7 Å². The van der Waals surface area contributed by atoms with Gasteiger partial charge in [0, 0.05) is 42.8 Å². The van der Waals surface area contributed by atoms with Gasteiger partial charge in [0.1, 0.15) is 34.8 Å². The number of aliphatic hydroxyl groups excluding tert-OH is 1. The molecule has 46 heavy (non-hydrogen) atoms. The fraction of sp³-hybridized carbons (Fsp3) is 0.457. The molecule has 2 unspecified atom stereocenters. The van der Waals surface area contributed by atoms with Gasteiger partial charge in [-0.25, -0.2) is 13.2 Å². The first-order chi connectivity index (χ1) is 22.2. The number of aromatic hydroxyl groups is 1. The number of terminal acetylenes is 1. The lowest BCUT2D eigenvalue weighted by molar-refractivity contribution is -0.0464. The van der Waals surface area contributed by atoms with Crippen LogP contribution in [0, 0.1) is 29.4 Å². The number of methoxy groups -OCH3 is 1. The molecule has 0 bridgehead atoms. The molecule has 3 saturated heterocycles. The molecule has 3 aliphatic heterocycles. The number of rotatable bonds is 3. The molecule has 2 N–H and O–H groups in total. The molecule has 2 aromatic heterocycles. The first kappa shape index (κ1) is 30.5. The first-order valence-corrected chi connectivity index (χ1v) is 15.8. The van der Waals surface area contributed by atoms with Gasteiger partial charge in [-0.2, -0.15) is 9.97 Å². The SMILES string of the molecule is C#Cc1c(F)ccc2cc(O)cc(-c3ncc4c(N5CCC6(CC5)CC(O)C6)nc(OC)nc4c3F)c12.FC1CC2CCCN2C1. The van der Waals surface area contributed by atoms with E-state index in [1.54, 1.807) is 0 Å². The van der Waals surface area contributed by atoms with Crippen molar-refractivity contribution >= 4 is 27.5 Å². The van der Waals surface area contributed by atoms with Gasteiger partial charge in [-0.1, -0.05) is 12.0 Å². The highest BCUT2D eigenvalue weighted by Gasteiger charge is 2.45. The molecule has 2 atom stereocenters. The quantitative estimate of drug-likeness (QED) is 0.276. The number of aromatic nitrogens is 3. The Bertz CT molecular complexity index is 1840. The zero-order valence-corrected chi connectivity index (χ0v) is 25.6. The summed E-state index contributed by atoms with van der Waals surface area (Å²) in [4.78, 5) is 17.5. The normalized spacial score (nSPS) is 22.4. The maximum atomic E-state index is 16.2. The lowest BCUT2D eigenvalue weighted by Gasteiger charge is -2.50. The van der Waals surface area contributed by atoms with Gasteiger partial charge in [0.2, 0.25) is 0 Å². The van der Waals surface area contributed by atoms with Gasteiger partial charge in [0.25, 0.3) is 0 Å². The van der Waals surface area contributed by atoms with E-state index in [2.05, 4.69) is 30.7 Å². The number of pyridine rings is 1. The van der Waals surface area contributed by atoms with Gasteiger partial charge < -0.3 is 19.8 Å². The van der Waals surface area contributed by atoms with Gasteiger partial charge in [-0.3, -0.25) is 9.88 Å². The van der Waals surface area contributed by atoms with Crippen molar-refractivity contribution in [3.05, 3.63) is 47.7 Å². The fourth-order valence-corrected chi connectivity index (χ4v) is 7.86. The second-order valence-corrected chi connectivity index (χ2v) is 13.0. The number of hydrogen-bond acceptors (Lipinski definition) is 8. The molecule has 0 amide bonds. The van der Waals surface area contributed by atoms with E-state index < -0.39 is 17.8 Å². The van der Waals surface area contributed by atoms with E-state index in [1.807, 2.05) is 0 Å². The van der Waals surface area contributed by atoms with E-state index in [0.717, 1.165) is 38.6 Å². The summed E-state index contributed by atoms with van der Waals surface area (Å²) in [5.41, 5.74) is 0.159. The number of halogens is 3. The van der Waals surface area contributed by atoms with Crippen LogP contribution in [0.4, 0.5) is 19.0 Å². The van der Waals surface area contributed by atoms with Crippen LogP contribution in [-0.2, 0) is 0 Å². The Morgan fingerprint density at radius 1 is 1.11 bits per heavy atom. The monoisotopic (exact) mass is 631 g/mol. The average Bonchev–Trinajstić information content (AvgIpc) is 3.62. The van der Waals surface area contributed by atoms with Crippen molar-refractivity contribution in [2.75, 3.05) is 38.2 Å². The van der Waals surface area contributed by atoms with Crippen molar-refractivity contribution in [3.8, 4) is 35.4 Å². The highest BCUT2D eigenvalue weighted by Crippen LogP contribution is 2.50. The Labute approximate surface area is 265 Å². The number of hydrogen-bond donors (Lipinski definition) is 2. The summed E-state index contributed by atoms with van der Waals surface area (Å²) in [6.07, 6.45) is 13.1. The van der Waals surface area contributed by atoms with Gasteiger partial charge in [0.15, 0.2) is 5.82 Å². The van der Waals surface area contributed by atoms with Gasteiger partial charge >= 0.3 is 6.01 Å². The minimum absolute atomic E-state index is 0.00126. The molecule has 8 nitrogen and oxygen atoms in total. The Kier molecular flexibility index (Phi) is 7.89. The number of anilines is 1. The van der Waals surface area contributed by atoms with E-state index in [9.17, 15) is 19.0 Å². The summed E-state index contributed by atoms with van der Waals surface area (Å²) in [5.74, 6) is 1.34. The van der Waals surface area contributed by atoms with Crippen LogP contribution in [0.25, 0.3) is 32.9 Å². The standard InChI is InChI=1S/C28H24F2N4O3.C7H12FN/c1-3-18-21(29)5-4-15-10-16(35)11-19(22(15)18)24-23(30)25-20(14-31-24)26(33-27(32-25)37-2)34-8-6-28(7-9-34)12-17(36)13-28;8-6-4-7-2-1-3-9(7)5-6/h1,4-5,10-11,14,17,35-36H,6-9,12-13H2,2H3;6-7H,1-5H2. The molecule has 2 aromatic carbocycles. The molecule has 1 spiro atoms. The molecule has 11 heteroatoms. The second kappa shape index (κ2) is 11.9. The molecule has 0 radical (unpaired) electrons. The maximum Gasteiger partial charge on any atom is 0.318 e. The number of phenols is 1. The van der Waals surface area contributed by atoms with Gasteiger partial charge in [0.05, 0.1) is 24.2 Å². The third kappa shape index (κ3) is 5.37. The Morgan fingerprint density at radius 3 is 2.59 bits per heavy atom. The zero-order chi connectivity index (χ0) is 32.2. The number of benzene rings is 2. The number of alkyl halides is 1. The molecule has 4 fully saturated rings. The molecule has 1 aliphatic carbocycles. The van der Waals surface area contributed by atoms with Gasteiger partial charge in [-0.15, -0.1) is 6.42 Å². The smallest absolute Gasteiger partial charge is 0.318 e. The Morgan fingerprint density at radius 2 is 1.89 bits per heavy atom. The Balaban J connectivity index is 0.000000321. The van der Waals surface area contributed by atoms with Crippen molar-refractivity contribution in [2.45, 2.75) is 63.3 Å². The van der Waals surface area contributed by atoms with Gasteiger partial charge in [-0.05, 0) is 80.5 Å². The van der Waals surface area contributed by atoms with Crippen LogP contribution in [0.5, 0.6) is 11.8 Å². The lowest BCUT2D eigenvalue weighted by Crippen LogP contribution is -2.49. The molecular weight excluding hydrogens is 595 g/mol. The van der Waals surface area contributed by atoms with E-state index >= 15 is 4.39 Å². The van der Waals surface area contributed by atoms with Crippen molar-refractivity contribution in [2.24, 2.45) is 5.41 Å². The molecule has 4 aromatic rings. The highest BCUT2D eigenvalue weighted by molar-refractivity contribution is 6.03. The highest BCUT2D eigenvalue weighted by atomic mass is 19.1. The fourth-order valence-electron chi connectivity index (χ4n) is 7.86. The summed E-state index contributed by atoms with van der Waals surface area (Å²) < 4.78 is 48.6. The minimum Gasteiger partial charge on any atom is -0.508 e. The number of piperidine rings is 1. The van der Waals surface area contributed by atoms with Crippen molar-refractivity contribution in [1.82, 2.24) is 19.9 Å². The van der Waals surface area contributed by atoms with Crippen LogP contribution < -0.4 is 9.64 Å². The minimum atomic E-state index is -0.755. The van der Waals surface area contributed by atoms with E-state index in [0.29, 0.717) is 42.3 Å². The summed E-state index contributed by atoms with van der Waals surface area (Å²) in [6.45, 7) is 3.26. The van der Waals surface area contributed by atoms with Crippen molar-refractivity contribution in [3.63, 3.8) is 0 Å². The van der Waals surface area contributed by atoms with Crippen molar-refractivity contribution in [1.29, 1.82) is 0 Å². The average molecular weight is 632 g/mol. The van der Waals surface area contributed by atoms with E-state index in [-0.39, 0.29) is 51.0 Å². The third-order valence-electron chi connectivity index (χ3n) is 10.2. The summed E-state index contributed by atoms with van der Waals surface area (Å²) in [7, 11) is 1.41. The van der Waals surface area contributed by atoms with Crippen molar-refractivity contribution < 1.29 is 28.1 Å². The Hall–Kier alpha value is -4.14. The lowest BCUT2D eigenvalue weighted by atomic mass is 9.61. The van der Waals surface area contributed by atoms with Crippen LogP contribution >= 0.6 is 0 Å². The van der Waals surface area contributed by atoms with Crippen LogP contribution in [0.15, 0.2) is 30.5 Å². The molecule has 5 heterocycles. The number of ether oxygens (including phenoxy) is 1. The second-order valence-electron chi connectivity index (χ2n) is 13.0. The maximum absolute atomic E-state index is 16.2. The largest absolute Gasteiger partial charge is 0.508 e. The number of nitrogens with zero attached hydrogens (tertiary/aromatic N) is 5. The predicted molar refractivity (Wildman–Crippen MR) is 170 cm³/mol. The third-order valence-corrected chi connectivity index (χ3v) is 10.2. The predicted octanol–water partition coefficient (Wildman–Crippen LogP) is 5.75. The topological polar surface area (TPSA) is 94.8 Å². The van der Waals surface area contributed by atoms with E-state index in [4.69, 9.17) is 11.2 Å². The van der Waals surface area contributed by atoms with Crippen LogP contribution in [0.3, 0.4) is 0 Å². The zero-order valence-electron chi connectivity index (χ0n) is 25.6. The molecule has 4 aliphatic rings. The summed E-state index contributed by atoms with van der Waals surface area (Å²) >= 11 is 0. The first-order valence-electron chi connectivity index (χ1n) is 15.8. The molecule has 1 saturated carbocycles. The van der Waals surface area contributed by atoms with E-state index in [1.165, 1.54) is 50.4 Å². The summed E-state index contributed by atoms with van der Waals surface area (Å²) in [6, 6.07) is 6.06.